The van der Waals surface area contributed by atoms with E-state index in [-0.39, 0.29) is 6.10 Å². The lowest BCUT2D eigenvalue weighted by Crippen LogP contribution is -2.52. The number of fused-ring (bicyclic) bond motifs is 2. The number of hydrogen-bond acceptors (Lipinski definition) is 3. The highest BCUT2D eigenvalue weighted by molar-refractivity contribution is 5.89. The third-order valence-electron chi connectivity index (χ3n) is 4.70. The summed E-state index contributed by atoms with van der Waals surface area (Å²) in [4.78, 5) is 6.97. The van der Waals surface area contributed by atoms with Crippen LogP contribution < -0.4 is 0 Å². The van der Waals surface area contributed by atoms with E-state index in [1.54, 1.807) is 0 Å². The van der Waals surface area contributed by atoms with Crippen LogP contribution in [0, 0.1) is 5.41 Å². The van der Waals surface area contributed by atoms with Crippen LogP contribution in [0.15, 0.2) is 4.99 Å². The van der Waals surface area contributed by atoms with E-state index in [1.807, 2.05) is 0 Å². The molecule has 0 aromatic rings. The first kappa shape index (κ1) is 10.6. The van der Waals surface area contributed by atoms with Gasteiger partial charge < -0.3 is 10.0 Å². The molecule has 2 aliphatic heterocycles. The predicted octanol–water partition coefficient (Wildman–Crippen LogP) is 1.80. The van der Waals surface area contributed by atoms with Crippen LogP contribution in [0.3, 0.4) is 0 Å². The van der Waals surface area contributed by atoms with Gasteiger partial charge >= 0.3 is 0 Å². The first-order valence-electron chi connectivity index (χ1n) is 6.53. The second kappa shape index (κ2) is 3.22. The van der Waals surface area contributed by atoms with Crippen molar-refractivity contribution in [1.29, 1.82) is 0 Å². The lowest BCUT2D eigenvalue weighted by Gasteiger charge is -2.44. The van der Waals surface area contributed by atoms with Gasteiger partial charge in [-0.15, -0.1) is 0 Å². The molecule has 1 N–H and O–H groups in total. The molecule has 2 unspecified atom stereocenters. The van der Waals surface area contributed by atoms with Gasteiger partial charge in [0.1, 0.15) is 11.9 Å². The summed E-state index contributed by atoms with van der Waals surface area (Å²) in [5, 5.41) is 9.93. The minimum absolute atomic E-state index is 0.291. The summed E-state index contributed by atoms with van der Waals surface area (Å²) in [7, 11) is 0. The predicted molar refractivity (Wildman–Crippen MR) is 64.6 cm³/mol. The van der Waals surface area contributed by atoms with Crippen LogP contribution in [-0.2, 0) is 0 Å². The molecular weight excluding hydrogens is 200 g/mol. The van der Waals surface area contributed by atoms with Crippen LogP contribution in [0.2, 0.25) is 0 Å². The quantitative estimate of drug-likeness (QED) is 0.678. The van der Waals surface area contributed by atoms with E-state index in [1.165, 1.54) is 25.7 Å². The molecule has 3 nitrogen and oxygen atoms in total. The van der Waals surface area contributed by atoms with Crippen molar-refractivity contribution in [3.8, 4) is 0 Å². The van der Waals surface area contributed by atoms with Crippen LogP contribution in [-0.4, -0.2) is 40.6 Å². The van der Waals surface area contributed by atoms with Gasteiger partial charge in [-0.3, -0.25) is 4.99 Å². The molecule has 0 aromatic carbocycles. The molecule has 1 saturated heterocycles. The highest BCUT2D eigenvalue weighted by atomic mass is 16.3. The zero-order valence-corrected chi connectivity index (χ0v) is 10.4. The van der Waals surface area contributed by atoms with Crippen molar-refractivity contribution in [3.05, 3.63) is 0 Å². The Morgan fingerprint density at radius 1 is 1.31 bits per heavy atom. The van der Waals surface area contributed by atoms with Crippen molar-refractivity contribution in [2.24, 2.45) is 10.4 Å². The van der Waals surface area contributed by atoms with Crippen molar-refractivity contribution in [2.75, 3.05) is 13.1 Å². The summed E-state index contributed by atoms with van der Waals surface area (Å²) in [6, 6.07) is 0. The van der Waals surface area contributed by atoms with Gasteiger partial charge in [-0.05, 0) is 37.5 Å². The summed E-state index contributed by atoms with van der Waals surface area (Å²) in [5.41, 5.74) is 0.800. The van der Waals surface area contributed by atoms with Gasteiger partial charge in [-0.1, -0.05) is 13.8 Å². The second-order valence-electron chi connectivity index (χ2n) is 6.51. The van der Waals surface area contributed by atoms with E-state index in [0.717, 1.165) is 25.3 Å². The van der Waals surface area contributed by atoms with Crippen LogP contribution in [0.1, 0.15) is 46.0 Å². The zero-order valence-electron chi connectivity index (χ0n) is 10.4. The fourth-order valence-corrected chi connectivity index (χ4v) is 3.94. The Kier molecular flexibility index (Phi) is 2.13. The number of aliphatic hydroxyl groups is 1. The third kappa shape index (κ3) is 1.41. The minimum atomic E-state index is -0.291. The summed E-state index contributed by atoms with van der Waals surface area (Å²) in [6.45, 7) is 6.67. The van der Waals surface area contributed by atoms with Gasteiger partial charge in [0, 0.05) is 18.6 Å². The van der Waals surface area contributed by atoms with E-state index in [4.69, 9.17) is 0 Å². The number of hydrogen-bond donors (Lipinski definition) is 1. The van der Waals surface area contributed by atoms with Gasteiger partial charge in [0.2, 0.25) is 0 Å². The highest BCUT2D eigenvalue weighted by Crippen LogP contribution is 2.50. The van der Waals surface area contributed by atoms with Crippen LogP contribution in [0.5, 0.6) is 0 Å². The first-order valence-corrected chi connectivity index (χ1v) is 6.53. The van der Waals surface area contributed by atoms with E-state index in [9.17, 15) is 5.11 Å². The Labute approximate surface area is 97.6 Å². The van der Waals surface area contributed by atoms with Gasteiger partial charge in [-0.25, -0.2) is 0 Å². The normalized spacial score (nSPS) is 41.3. The Balaban J connectivity index is 1.91. The molecule has 16 heavy (non-hydrogen) atoms. The van der Waals surface area contributed by atoms with E-state index >= 15 is 0 Å². The maximum atomic E-state index is 9.93. The van der Waals surface area contributed by atoms with Gasteiger partial charge in [0.25, 0.3) is 0 Å². The molecule has 3 rings (SSSR count). The van der Waals surface area contributed by atoms with Crippen molar-refractivity contribution in [1.82, 2.24) is 4.90 Å². The highest BCUT2D eigenvalue weighted by Gasteiger charge is 2.51. The molecule has 3 heteroatoms. The molecule has 90 valence electrons. The fraction of sp³-hybridized carbons (Fsp3) is 0.923. The van der Waals surface area contributed by atoms with Gasteiger partial charge in [-0.2, -0.15) is 0 Å². The molecule has 0 amide bonds. The van der Waals surface area contributed by atoms with Crippen molar-refractivity contribution < 1.29 is 5.11 Å². The average Bonchev–Trinajstić information content (AvgIpc) is 2.72. The standard InChI is InChI=1S/C13H22N2O/c1-12(2)4-5-13(9-12)6-7-14-11-10(16)3-8-15(11)13/h10,16H,3-9H2,1-2H3. The van der Waals surface area contributed by atoms with E-state index in [0.29, 0.717) is 11.0 Å². The Morgan fingerprint density at radius 2 is 2.12 bits per heavy atom. The topological polar surface area (TPSA) is 35.8 Å². The Bertz CT molecular complexity index is 337. The maximum absolute atomic E-state index is 9.93. The molecule has 3 aliphatic rings. The number of amidine groups is 1. The van der Waals surface area contributed by atoms with Crippen LogP contribution >= 0.6 is 0 Å². The molecule has 2 heterocycles. The van der Waals surface area contributed by atoms with E-state index < -0.39 is 0 Å². The monoisotopic (exact) mass is 222 g/mol. The summed E-state index contributed by atoms with van der Waals surface area (Å²) >= 11 is 0. The zero-order chi connectivity index (χ0) is 11.4. The summed E-state index contributed by atoms with van der Waals surface area (Å²) in [6.07, 6.45) is 5.64. The SMILES string of the molecule is CC1(C)CCC2(CCN=C3C(O)CCN32)C1. The van der Waals surface area contributed by atoms with Crippen molar-refractivity contribution in [2.45, 2.75) is 57.6 Å². The van der Waals surface area contributed by atoms with Gasteiger partial charge in [0.15, 0.2) is 0 Å². The summed E-state index contributed by atoms with van der Waals surface area (Å²) in [5.74, 6) is 0.990. The van der Waals surface area contributed by atoms with E-state index in [2.05, 4.69) is 23.7 Å². The Hall–Kier alpha value is -0.570. The average molecular weight is 222 g/mol. The fourth-order valence-electron chi connectivity index (χ4n) is 3.94. The number of nitrogens with zero attached hydrogens (tertiary/aromatic N) is 2. The second-order valence-corrected chi connectivity index (χ2v) is 6.51. The van der Waals surface area contributed by atoms with Gasteiger partial charge in [0.05, 0.1) is 0 Å². The molecule has 2 atom stereocenters. The van der Waals surface area contributed by atoms with Crippen molar-refractivity contribution in [3.63, 3.8) is 0 Å². The van der Waals surface area contributed by atoms with Crippen LogP contribution in [0.4, 0.5) is 0 Å². The lowest BCUT2D eigenvalue weighted by molar-refractivity contribution is 0.150. The lowest BCUT2D eigenvalue weighted by atomic mass is 9.84. The summed E-state index contributed by atoms with van der Waals surface area (Å²) < 4.78 is 0. The van der Waals surface area contributed by atoms with Crippen molar-refractivity contribution >= 4 is 5.84 Å². The molecule has 1 aliphatic carbocycles. The largest absolute Gasteiger partial charge is 0.385 e. The minimum Gasteiger partial charge on any atom is -0.385 e. The molecular formula is C13H22N2O. The molecule has 1 spiro atoms. The molecule has 0 bridgehead atoms. The molecule has 0 aromatic heterocycles. The van der Waals surface area contributed by atoms with Crippen LogP contribution in [0.25, 0.3) is 0 Å². The molecule has 0 radical (unpaired) electrons. The molecule has 2 fully saturated rings. The smallest absolute Gasteiger partial charge is 0.129 e. The number of aliphatic imine (C=N–C) groups is 1. The molecule has 1 saturated carbocycles. The number of rotatable bonds is 0. The first-order chi connectivity index (χ1) is 7.53. The third-order valence-corrected chi connectivity index (χ3v) is 4.70. The Morgan fingerprint density at radius 3 is 2.81 bits per heavy atom. The number of aliphatic hydroxyl groups excluding tert-OH is 1. The maximum Gasteiger partial charge on any atom is 0.129 e.